The van der Waals surface area contributed by atoms with Crippen LogP contribution in [0, 0.1) is 0 Å². The van der Waals surface area contributed by atoms with Gasteiger partial charge in [-0.05, 0) is 34.1 Å². The molecule has 2 aromatic heterocycles. The van der Waals surface area contributed by atoms with Crippen molar-refractivity contribution in [2.45, 2.75) is 0 Å². The van der Waals surface area contributed by atoms with Gasteiger partial charge in [-0.15, -0.1) is 0 Å². The molecule has 0 spiro atoms. The first-order valence-electron chi connectivity index (χ1n) is 5.58. The van der Waals surface area contributed by atoms with E-state index in [0.717, 1.165) is 0 Å². The summed E-state index contributed by atoms with van der Waals surface area (Å²) in [6, 6.07) is 5.11. The van der Waals surface area contributed by atoms with Crippen molar-refractivity contribution in [1.82, 2.24) is 15.0 Å². The fraction of sp³-hybridized carbons (Fsp3) is 0. The number of carbonyl (C=O) groups is 1. The molecule has 7 heteroatoms. The van der Waals surface area contributed by atoms with Gasteiger partial charge in [-0.25, -0.2) is 14.8 Å². The molecule has 0 aliphatic heterocycles. The lowest BCUT2D eigenvalue weighted by Gasteiger charge is -2.01. The van der Waals surface area contributed by atoms with Crippen molar-refractivity contribution < 1.29 is 9.90 Å². The minimum Gasteiger partial charge on any atom is -0.477 e. The number of H-pyrrole nitrogens is 1. The van der Waals surface area contributed by atoms with E-state index in [2.05, 4.69) is 30.9 Å². The monoisotopic (exact) mass is 351 g/mol. The molecule has 2 N–H and O–H groups in total. The molecule has 0 radical (unpaired) electrons. The number of carboxylic acid groups (broad SMARTS) is 1. The number of benzene rings is 1. The van der Waals surface area contributed by atoms with E-state index in [9.17, 15) is 9.90 Å². The van der Waals surface area contributed by atoms with Crippen LogP contribution in [0.15, 0.2) is 35.2 Å². The lowest BCUT2D eigenvalue weighted by atomic mass is 10.1. The number of hydrogen-bond donors (Lipinski definition) is 2. The summed E-state index contributed by atoms with van der Waals surface area (Å²) in [6.45, 7) is 0. The van der Waals surface area contributed by atoms with E-state index in [0.29, 0.717) is 31.7 Å². The van der Waals surface area contributed by atoms with Crippen molar-refractivity contribution >= 4 is 44.4 Å². The maximum atomic E-state index is 11.4. The summed E-state index contributed by atoms with van der Waals surface area (Å²) >= 11 is 9.41. The van der Waals surface area contributed by atoms with Gasteiger partial charge in [-0.3, -0.25) is 0 Å². The Kier molecular flexibility index (Phi) is 3.19. The third kappa shape index (κ3) is 2.07. The van der Waals surface area contributed by atoms with Gasteiger partial charge in [0.25, 0.3) is 0 Å². The predicted molar refractivity (Wildman–Crippen MR) is 79.0 cm³/mol. The molecule has 0 amide bonds. The Hall–Kier alpha value is -1.92. The fourth-order valence-corrected chi connectivity index (χ4v) is 2.56. The first-order valence-corrected chi connectivity index (χ1v) is 6.75. The average molecular weight is 353 g/mol. The van der Waals surface area contributed by atoms with Gasteiger partial charge >= 0.3 is 5.97 Å². The Morgan fingerprint density at radius 1 is 1.40 bits per heavy atom. The van der Waals surface area contributed by atoms with E-state index in [-0.39, 0.29) is 5.69 Å². The molecular formula is C13H7BrClN3O2. The second-order valence-corrected chi connectivity index (χ2v) is 5.35. The van der Waals surface area contributed by atoms with E-state index >= 15 is 0 Å². The van der Waals surface area contributed by atoms with Crippen molar-refractivity contribution in [3.05, 3.63) is 45.9 Å². The molecule has 2 heterocycles. The summed E-state index contributed by atoms with van der Waals surface area (Å²) < 4.78 is 0.694. The summed E-state index contributed by atoms with van der Waals surface area (Å²) in [4.78, 5) is 22.3. The first kappa shape index (κ1) is 13.1. The standard InChI is InChI=1S/C13H7BrClN3O2/c14-7-4-10-6(3-8(7)15)11(12(18-10)13(19)20)9-1-2-16-5-17-9/h1-5,18H,(H,19,20). The van der Waals surface area contributed by atoms with Gasteiger partial charge in [0.05, 0.1) is 10.7 Å². The molecule has 0 unspecified atom stereocenters. The van der Waals surface area contributed by atoms with Crippen molar-refractivity contribution in [2.24, 2.45) is 0 Å². The summed E-state index contributed by atoms with van der Waals surface area (Å²) in [5.74, 6) is -1.05. The molecule has 0 aliphatic carbocycles. The molecule has 100 valence electrons. The quantitative estimate of drug-likeness (QED) is 0.736. The summed E-state index contributed by atoms with van der Waals surface area (Å²) in [5.41, 5.74) is 1.78. The topological polar surface area (TPSA) is 78.9 Å². The minimum atomic E-state index is -1.05. The fourth-order valence-electron chi connectivity index (χ4n) is 2.05. The van der Waals surface area contributed by atoms with Crippen LogP contribution in [0.2, 0.25) is 5.02 Å². The zero-order chi connectivity index (χ0) is 14.3. The number of nitrogens with zero attached hydrogens (tertiary/aromatic N) is 2. The van der Waals surface area contributed by atoms with Crippen LogP contribution in [0.4, 0.5) is 0 Å². The number of nitrogens with one attached hydrogen (secondary N) is 1. The van der Waals surface area contributed by atoms with Gasteiger partial charge in [0.1, 0.15) is 12.0 Å². The van der Waals surface area contributed by atoms with Gasteiger partial charge in [-0.1, -0.05) is 11.6 Å². The third-order valence-corrected chi connectivity index (χ3v) is 4.09. The molecule has 0 fully saturated rings. The molecule has 0 atom stereocenters. The van der Waals surface area contributed by atoms with Gasteiger partial charge in [0.15, 0.2) is 0 Å². The van der Waals surface area contributed by atoms with Crippen LogP contribution in [0.5, 0.6) is 0 Å². The van der Waals surface area contributed by atoms with Gasteiger partial charge < -0.3 is 10.1 Å². The van der Waals surface area contributed by atoms with Crippen LogP contribution in [0.1, 0.15) is 10.5 Å². The smallest absolute Gasteiger partial charge is 0.353 e. The Balaban J connectivity index is 2.41. The van der Waals surface area contributed by atoms with Gasteiger partial charge in [0.2, 0.25) is 0 Å². The number of halogens is 2. The van der Waals surface area contributed by atoms with Crippen molar-refractivity contribution in [3.8, 4) is 11.3 Å². The van der Waals surface area contributed by atoms with Crippen molar-refractivity contribution in [1.29, 1.82) is 0 Å². The second kappa shape index (κ2) is 4.88. The Morgan fingerprint density at radius 2 is 2.20 bits per heavy atom. The van der Waals surface area contributed by atoms with Gasteiger partial charge in [0, 0.05) is 27.1 Å². The summed E-state index contributed by atoms with van der Waals surface area (Å²) in [5, 5.41) is 10.6. The van der Waals surface area contributed by atoms with E-state index in [1.165, 1.54) is 6.33 Å². The van der Waals surface area contributed by atoms with Crippen LogP contribution in [0.25, 0.3) is 22.2 Å². The molecule has 0 aliphatic rings. The van der Waals surface area contributed by atoms with E-state index in [4.69, 9.17) is 11.6 Å². The Morgan fingerprint density at radius 3 is 2.85 bits per heavy atom. The average Bonchev–Trinajstić information content (AvgIpc) is 2.79. The normalized spacial score (nSPS) is 10.9. The third-order valence-electron chi connectivity index (χ3n) is 2.89. The molecule has 0 bridgehead atoms. The number of aromatic carboxylic acids is 1. The number of hydrogen-bond acceptors (Lipinski definition) is 3. The second-order valence-electron chi connectivity index (χ2n) is 4.09. The van der Waals surface area contributed by atoms with E-state index < -0.39 is 5.97 Å². The highest BCUT2D eigenvalue weighted by Crippen LogP contribution is 2.36. The lowest BCUT2D eigenvalue weighted by Crippen LogP contribution is -1.99. The zero-order valence-corrected chi connectivity index (χ0v) is 12.2. The maximum Gasteiger partial charge on any atom is 0.353 e. The molecular weight excluding hydrogens is 346 g/mol. The van der Waals surface area contributed by atoms with Crippen LogP contribution >= 0.6 is 27.5 Å². The number of aromatic nitrogens is 3. The number of carboxylic acids is 1. The molecule has 1 aromatic carbocycles. The Bertz CT molecular complexity index is 817. The van der Waals surface area contributed by atoms with E-state index in [1.54, 1.807) is 24.4 Å². The SMILES string of the molecule is O=C(O)c1[nH]c2cc(Br)c(Cl)cc2c1-c1ccncn1. The molecule has 3 rings (SSSR count). The number of fused-ring (bicyclic) bond motifs is 1. The largest absolute Gasteiger partial charge is 0.477 e. The Labute approximate surface area is 126 Å². The number of rotatable bonds is 2. The van der Waals surface area contributed by atoms with Crippen LogP contribution < -0.4 is 0 Å². The van der Waals surface area contributed by atoms with Crippen molar-refractivity contribution in [2.75, 3.05) is 0 Å². The molecule has 0 saturated carbocycles. The van der Waals surface area contributed by atoms with Gasteiger partial charge in [-0.2, -0.15) is 0 Å². The zero-order valence-electron chi connectivity index (χ0n) is 9.89. The summed E-state index contributed by atoms with van der Waals surface area (Å²) in [6.07, 6.45) is 2.94. The highest BCUT2D eigenvalue weighted by molar-refractivity contribution is 9.10. The van der Waals surface area contributed by atoms with Crippen molar-refractivity contribution in [3.63, 3.8) is 0 Å². The molecule has 0 saturated heterocycles. The van der Waals surface area contributed by atoms with E-state index in [1.807, 2.05) is 0 Å². The van der Waals surface area contributed by atoms with Crippen LogP contribution in [0.3, 0.4) is 0 Å². The highest BCUT2D eigenvalue weighted by Gasteiger charge is 2.20. The maximum absolute atomic E-state index is 11.4. The van der Waals surface area contributed by atoms with Crippen LogP contribution in [-0.2, 0) is 0 Å². The summed E-state index contributed by atoms with van der Waals surface area (Å²) in [7, 11) is 0. The lowest BCUT2D eigenvalue weighted by molar-refractivity contribution is 0.0692. The predicted octanol–water partition coefficient (Wildman–Crippen LogP) is 3.74. The van der Waals surface area contributed by atoms with Crippen LogP contribution in [-0.4, -0.2) is 26.0 Å². The molecule has 20 heavy (non-hydrogen) atoms. The molecule has 5 nitrogen and oxygen atoms in total. The molecule has 3 aromatic rings. The highest BCUT2D eigenvalue weighted by atomic mass is 79.9. The number of aromatic amines is 1. The minimum absolute atomic E-state index is 0.0767. The first-order chi connectivity index (χ1) is 9.58.